The molecule has 1 fully saturated rings. The minimum atomic E-state index is 0.173. The molecule has 0 atom stereocenters. The third-order valence-electron chi connectivity index (χ3n) is 3.00. The number of hydrogen-bond acceptors (Lipinski definition) is 3. The fraction of sp³-hybridized carbons (Fsp3) is 0.700. The molecule has 1 heterocycles. The summed E-state index contributed by atoms with van der Waals surface area (Å²) in [5, 5.41) is 7.67. The average Bonchev–Trinajstić information content (AvgIpc) is 2.59. The molecule has 0 unspecified atom stereocenters. The normalized spacial score (nSPS) is 18.0. The van der Waals surface area contributed by atoms with Gasteiger partial charge in [0, 0.05) is 13.0 Å². The molecule has 2 rings (SSSR count). The Bertz CT molecular complexity index is 349. The first-order valence-corrected chi connectivity index (χ1v) is 6.09. The van der Waals surface area contributed by atoms with Gasteiger partial charge in [-0.3, -0.25) is 4.79 Å². The van der Waals surface area contributed by atoms with E-state index in [0.717, 1.165) is 12.8 Å². The highest BCUT2D eigenvalue weighted by Crippen LogP contribution is 2.28. The van der Waals surface area contributed by atoms with Crippen molar-refractivity contribution in [2.75, 3.05) is 0 Å². The smallest absolute Gasteiger partial charge is 0.186 e. The molecule has 0 N–H and O–H groups in total. The first-order chi connectivity index (χ1) is 7.20. The standard InChI is InChI=1S/C10H14BrN3O/c1-14-8(10(11)12-13-14)9(15)7-5-3-2-4-6-7/h7H,2-6H2,1H3. The summed E-state index contributed by atoms with van der Waals surface area (Å²) < 4.78 is 2.13. The van der Waals surface area contributed by atoms with Crippen LogP contribution in [-0.2, 0) is 7.05 Å². The van der Waals surface area contributed by atoms with Crippen molar-refractivity contribution < 1.29 is 4.79 Å². The Morgan fingerprint density at radius 3 is 2.60 bits per heavy atom. The van der Waals surface area contributed by atoms with Crippen LogP contribution in [0.4, 0.5) is 0 Å². The van der Waals surface area contributed by atoms with Crippen molar-refractivity contribution in [2.24, 2.45) is 13.0 Å². The van der Waals surface area contributed by atoms with Gasteiger partial charge in [-0.15, -0.1) is 5.10 Å². The largest absolute Gasteiger partial charge is 0.292 e. The van der Waals surface area contributed by atoms with Gasteiger partial charge in [-0.05, 0) is 28.8 Å². The predicted molar refractivity (Wildman–Crippen MR) is 59.6 cm³/mol. The van der Waals surface area contributed by atoms with E-state index < -0.39 is 0 Å². The molecule has 0 amide bonds. The monoisotopic (exact) mass is 271 g/mol. The van der Waals surface area contributed by atoms with E-state index in [4.69, 9.17) is 0 Å². The predicted octanol–water partition coefficient (Wildman–Crippen LogP) is 2.34. The molecule has 0 aromatic carbocycles. The number of nitrogens with zero attached hydrogens (tertiary/aromatic N) is 3. The maximum Gasteiger partial charge on any atom is 0.186 e. The Kier molecular flexibility index (Phi) is 3.19. The zero-order chi connectivity index (χ0) is 10.8. The number of aromatic nitrogens is 3. The van der Waals surface area contributed by atoms with Crippen molar-refractivity contribution >= 4 is 21.7 Å². The lowest BCUT2D eigenvalue weighted by molar-refractivity contribution is 0.0879. The summed E-state index contributed by atoms with van der Waals surface area (Å²) in [5.41, 5.74) is 0.613. The number of rotatable bonds is 2. The molecule has 0 radical (unpaired) electrons. The summed E-state index contributed by atoms with van der Waals surface area (Å²) in [6.07, 6.45) is 5.61. The highest BCUT2D eigenvalue weighted by molar-refractivity contribution is 9.10. The van der Waals surface area contributed by atoms with Gasteiger partial charge in [0.15, 0.2) is 10.4 Å². The van der Waals surface area contributed by atoms with Crippen LogP contribution in [0.15, 0.2) is 4.60 Å². The molecule has 1 aliphatic rings. The summed E-state index contributed by atoms with van der Waals surface area (Å²) in [4.78, 5) is 12.2. The van der Waals surface area contributed by atoms with Gasteiger partial charge in [-0.2, -0.15) is 0 Å². The maximum absolute atomic E-state index is 12.2. The van der Waals surface area contributed by atoms with Crippen molar-refractivity contribution in [3.8, 4) is 0 Å². The van der Waals surface area contributed by atoms with Crippen LogP contribution in [0.2, 0.25) is 0 Å². The number of aryl methyl sites for hydroxylation is 1. The average molecular weight is 272 g/mol. The molecule has 5 heteroatoms. The minimum Gasteiger partial charge on any atom is -0.292 e. The van der Waals surface area contributed by atoms with E-state index in [2.05, 4.69) is 26.2 Å². The van der Waals surface area contributed by atoms with Crippen molar-refractivity contribution in [3.05, 3.63) is 10.3 Å². The first kappa shape index (κ1) is 10.8. The minimum absolute atomic E-state index is 0.173. The van der Waals surface area contributed by atoms with Gasteiger partial charge in [0.1, 0.15) is 5.69 Å². The molecule has 82 valence electrons. The second-order valence-corrected chi connectivity index (χ2v) is 4.80. The van der Waals surface area contributed by atoms with Crippen molar-refractivity contribution in [1.82, 2.24) is 15.0 Å². The van der Waals surface area contributed by atoms with Crippen LogP contribution in [-0.4, -0.2) is 20.8 Å². The van der Waals surface area contributed by atoms with Gasteiger partial charge in [-0.1, -0.05) is 24.5 Å². The second kappa shape index (κ2) is 4.43. The Labute approximate surface area is 97.2 Å². The van der Waals surface area contributed by atoms with E-state index in [1.54, 1.807) is 11.7 Å². The molecule has 4 nitrogen and oxygen atoms in total. The molecule has 1 aliphatic carbocycles. The summed E-state index contributed by atoms with van der Waals surface area (Å²) in [7, 11) is 1.76. The number of hydrogen-bond donors (Lipinski definition) is 0. The quantitative estimate of drug-likeness (QED) is 0.776. The molecule has 0 aliphatic heterocycles. The van der Waals surface area contributed by atoms with Gasteiger partial charge in [0.2, 0.25) is 0 Å². The molecule has 0 spiro atoms. The number of Topliss-reactive ketones (excluding diaryl/α,β-unsaturated/α-hetero) is 1. The van der Waals surface area contributed by atoms with Gasteiger partial charge in [0.25, 0.3) is 0 Å². The van der Waals surface area contributed by atoms with Crippen molar-refractivity contribution in [3.63, 3.8) is 0 Å². The summed E-state index contributed by atoms with van der Waals surface area (Å²) >= 11 is 3.27. The first-order valence-electron chi connectivity index (χ1n) is 5.29. The van der Waals surface area contributed by atoms with E-state index in [0.29, 0.717) is 10.3 Å². The van der Waals surface area contributed by atoms with Gasteiger partial charge in [0.05, 0.1) is 0 Å². The Hall–Kier alpha value is -0.710. The number of carbonyl (C=O) groups is 1. The van der Waals surface area contributed by atoms with Gasteiger partial charge < -0.3 is 0 Å². The zero-order valence-corrected chi connectivity index (χ0v) is 10.3. The topological polar surface area (TPSA) is 47.8 Å². The number of ketones is 1. The number of carbonyl (C=O) groups excluding carboxylic acids is 1. The second-order valence-electron chi connectivity index (χ2n) is 4.05. The van der Waals surface area contributed by atoms with Crippen molar-refractivity contribution in [2.45, 2.75) is 32.1 Å². The Morgan fingerprint density at radius 2 is 2.07 bits per heavy atom. The maximum atomic E-state index is 12.2. The van der Waals surface area contributed by atoms with Crippen LogP contribution in [0.3, 0.4) is 0 Å². The summed E-state index contributed by atoms with van der Waals surface area (Å²) in [5.74, 6) is 0.362. The SMILES string of the molecule is Cn1nnc(Br)c1C(=O)C1CCCCC1. The highest BCUT2D eigenvalue weighted by Gasteiger charge is 2.26. The summed E-state index contributed by atoms with van der Waals surface area (Å²) in [6.45, 7) is 0. The lowest BCUT2D eigenvalue weighted by atomic mass is 9.85. The lowest BCUT2D eigenvalue weighted by Crippen LogP contribution is -2.20. The fourth-order valence-corrected chi connectivity index (χ4v) is 2.67. The van der Waals surface area contributed by atoms with Crippen LogP contribution >= 0.6 is 15.9 Å². The van der Waals surface area contributed by atoms with Crippen LogP contribution < -0.4 is 0 Å². The molecule has 15 heavy (non-hydrogen) atoms. The molecule has 0 saturated heterocycles. The molecule has 1 aromatic rings. The molecule has 0 bridgehead atoms. The fourth-order valence-electron chi connectivity index (χ4n) is 2.15. The molecular weight excluding hydrogens is 258 g/mol. The highest BCUT2D eigenvalue weighted by atomic mass is 79.9. The number of halogens is 1. The summed E-state index contributed by atoms with van der Waals surface area (Å²) in [6, 6.07) is 0. The van der Waals surface area contributed by atoms with Crippen molar-refractivity contribution in [1.29, 1.82) is 0 Å². The Morgan fingerprint density at radius 1 is 1.40 bits per heavy atom. The lowest BCUT2D eigenvalue weighted by Gasteiger charge is -2.19. The Balaban J connectivity index is 2.19. The van der Waals surface area contributed by atoms with E-state index in [1.807, 2.05) is 0 Å². The van der Waals surface area contributed by atoms with Gasteiger partial charge >= 0.3 is 0 Å². The molecular formula is C10H14BrN3O. The van der Waals surface area contributed by atoms with Crippen LogP contribution in [0.5, 0.6) is 0 Å². The van der Waals surface area contributed by atoms with E-state index in [1.165, 1.54) is 19.3 Å². The van der Waals surface area contributed by atoms with E-state index in [-0.39, 0.29) is 11.7 Å². The molecule has 1 aromatic heterocycles. The van der Waals surface area contributed by atoms with Crippen LogP contribution in [0.1, 0.15) is 42.6 Å². The molecule has 1 saturated carbocycles. The zero-order valence-electron chi connectivity index (χ0n) is 8.74. The van der Waals surface area contributed by atoms with Gasteiger partial charge in [-0.25, -0.2) is 4.68 Å². The van der Waals surface area contributed by atoms with E-state index in [9.17, 15) is 4.79 Å². The third-order valence-corrected chi connectivity index (χ3v) is 3.53. The van der Waals surface area contributed by atoms with Crippen LogP contribution in [0, 0.1) is 5.92 Å². The van der Waals surface area contributed by atoms with Crippen LogP contribution in [0.25, 0.3) is 0 Å². The van der Waals surface area contributed by atoms with E-state index >= 15 is 0 Å². The third kappa shape index (κ3) is 2.12.